The Labute approximate surface area is 133 Å². The van der Waals surface area contributed by atoms with E-state index in [2.05, 4.69) is 4.98 Å². The van der Waals surface area contributed by atoms with Gasteiger partial charge in [-0.1, -0.05) is 29.5 Å². The molecule has 112 valence electrons. The second kappa shape index (κ2) is 5.77. The molecular weight excluding hydrogens is 294 g/mol. The number of fused-ring (bicyclic) bond motifs is 1. The minimum absolute atomic E-state index is 0.0530. The number of hydrogen-bond donors (Lipinski definition) is 0. The fourth-order valence-electron chi connectivity index (χ4n) is 2.20. The first-order chi connectivity index (χ1) is 10.6. The largest absolute Gasteiger partial charge is 0.378 e. The Morgan fingerprint density at radius 2 is 1.82 bits per heavy atom. The van der Waals surface area contributed by atoms with Gasteiger partial charge in [-0.3, -0.25) is 9.69 Å². The van der Waals surface area contributed by atoms with Gasteiger partial charge in [0.2, 0.25) is 0 Å². The van der Waals surface area contributed by atoms with Crippen LogP contribution in [0.15, 0.2) is 48.5 Å². The van der Waals surface area contributed by atoms with Crippen molar-refractivity contribution in [2.24, 2.45) is 0 Å². The molecule has 0 saturated carbocycles. The van der Waals surface area contributed by atoms with Crippen LogP contribution in [0.4, 0.5) is 10.8 Å². The molecule has 1 heterocycles. The topological polar surface area (TPSA) is 36.4 Å². The molecule has 5 heteroatoms. The zero-order chi connectivity index (χ0) is 15.7. The van der Waals surface area contributed by atoms with Gasteiger partial charge in [0.25, 0.3) is 5.91 Å². The summed E-state index contributed by atoms with van der Waals surface area (Å²) in [5, 5.41) is 0.710. The maximum atomic E-state index is 12.7. The SMILES string of the molecule is CN(C)c1cccc(C(=O)N(C)c2nc3ccccc3s2)c1. The van der Waals surface area contributed by atoms with Crippen molar-refractivity contribution in [2.75, 3.05) is 30.9 Å². The second-order valence-electron chi connectivity index (χ2n) is 5.27. The predicted molar refractivity (Wildman–Crippen MR) is 93.1 cm³/mol. The summed E-state index contributed by atoms with van der Waals surface area (Å²) in [5.74, 6) is -0.0530. The van der Waals surface area contributed by atoms with Crippen molar-refractivity contribution in [3.8, 4) is 0 Å². The molecule has 0 radical (unpaired) electrons. The maximum Gasteiger partial charge on any atom is 0.259 e. The number of aromatic nitrogens is 1. The standard InChI is InChI=1S/C17H17N3OS/c1-19(2)13-8-6-7-12(11-13)16(21)20(3)17-18-14-9-4-5-10-15(14)22-17/h4-11H,1-3H3. The van der Waals surface area contributed by atoms with E-state index in [4.69, 9.17) is 0 Å². The van der Waals surface area contributed by atoms with Crippen molar-refractivity contribution >= 4 is 38.3 Å². The maximum absolute atomic E-state index is 12.7. The Hall–Kier alpha value is -2.40. The highest BCUT2D eigenvalue weighted by Gasteiger charge is 2.17. The number of hydrogen-bond acceptors (Lipinski definition) is 4. The summed E-state index contributed by atoms with van der Waals surface area (Å²) in [4.78, 5) is 20.8. The Kier molecular flexibility index (Phi) is 3.81. The van der Waals surface area contributed by atoms with Crippen LogP contribution in [0.1, 0.15) is 10.4 Å². The van der Waals surface area contributed by atoms with Crippen LogP contribution in [-0.2, 0) is 0 Å². The summed E-state index contributed by atoms with van der Waals surface area (Å²) < 4.78 is 1.08. The van der Waals surface area contributed by atoms with Crippen molar-refractivity contribution in [3.05, 3.63) is 54.1 Å². The minimum atomic E-state index is -0.0530. The van der Waals surface area contributed by atoms with Crippen LogP contribution >= 0.6 is 11.3 Å². The van der Waals surface area contributed by atoms with Crippen LogP contribution in [-0.4, -0.2) is 32.0 Å². The highest BCUT2D eigenvalue weighted by Crippen LogP contribution is 2.28. The summed E-state index contributed by atoms with van der Waals surface area (Å²) in [7, 11) is 5.68. The van der Waals surface area contributed by atoms with E-state index in [0.717, 1.165) is 15.9 Å². The summed E-state index contributed by atoms with van der Waals surface area (Å²) in [6.45, 7) is 0. The lowest BCUT2D eigenvalue weighted by Crippen LogP contribution is -2.26. The van der Waals surface area contributed by atoms with E-state index in [0.29, 0.717) is 10.7 Å². The highest BCUT2D eigenvalue weighted by atomic mass is 32.1. The number of thiazole rings is 1. The van der Waals surface area contributed by atoms with Gasteiger partial charge in [-0.15, -0.1) is 0 Å². The summed E-state index contributed by atoms with van der Waals surface area (Å²) in [6.07, 6.45) is 0. The lowest BCUT2D eigenvalue weighted by molar-refractivity contribution is 0.0993. The second-order valence-corrected chi connectivity index (χ2v) is 6.28. The average Bonchev–Trinajstić information content (AvgIpc) is 2.97. The molecule has 0 spiro atoms. The number of para-hydroxylation sites is 1. The van der Waals surface area contributed by atoms with Gasteiger partial charge in [-0.05, 0) is 30.3 Å². The Morgan fingerprint density at radius 1 is 1.05 bits per heavy atom. The molecule has 22 heavy (non-hydrogen) atoms. The first kappa shape index (κ1) is 14.5. The van der Waals surface area contributed by atoms with E-state index in [9.17, 15) is 4.79 Å². The molecule has 1 aromatic heterocycles. The third-order valence-corrected chi connectivity index (χ3v) is 4.60. The van der Waals surface area contributed by atoms with Gasteiger partial charge in [0.1, 0.15) is 0 Å². The van der Waals surface area contributed by atoms with E-state index in [1.165, 1.54) is 11.3 Å². The lowest BCUT2D eigenvalue weighted by atomic mass is 10.1. The number of carbonyl (C=O) groups is 1. The third kappa shape index (κ3) is 2.67. The van der Waals surface area contributed by atoms with E-state index in [-0.39, 0.29) is 5.91 Å². The monoisotopic (exact) mass is 311 g/mol. The van der Waals surface area contributed by atoms with Crippen LogP contribution in [0.25, 0.3) is 10.2 Å². The highest BCUT2D eigenvalue weighted by molar-refractivity contribution is 7.22. The van der Waals surface area contributed by atoms with E-state index in [1.54, 1.807) is 11.9 Å². The van der Waals surface area contributed by atoms with Gasteiger partial charge in [0.05, 0.1) is 10.2 Å². The number of carbonyl (C=O) groups excluding carboxylic acids is 1. The smallest absolute Gasteiger partial charge is 0.259 e. The number of nitrogens with zero attached hydrogens (tertiary/aromatic N) is 3. The van der Waals surface area contributed by atoms with Gasteiger partial charge in [-0.25, -0.2) is 4.98 Å². The molecule has 3 aromatic rings. The Bertz CT molecular complexity index is 792. The molecule has 0 unspecified atom stereocenters. The zero-order valence-electron chi connectivity index (χ0n) is 12.8. The number of anilines is 2. The van der Waals surface area contributed by atoms with Crippen molar-refractivity contribution in [2.45, 2.75) is 0 Å². The number of rotatable bonds is 3. The quantitative estimate of drug-likeness (QED) is 0.741. The molecule has 0 atom stereocenters. The van der Waals surface area contributed by atoms with Gasteiger partial charge < -0.3 is 4.90 Å². The van der Waals surface area contributed by atoms with Crippen LogP contribution in [0, 0.1) is 0 Å². The Balaban J connectivity index is 1.92. The third-order valence-electron chi connectivity index (χ3n) is 3.48. The first-order valence-corrected chi connectivity index (χ1v) is 7.79. The average molecular weight is 311 g/mol. The van der Waals surface area contributed by atoms with Gasteiger partial charge in [0, 0.05) is 32.4 Å². The molecule has 2 aromatic carbocycles. The normalized spacial score (nSPS) is 10.7. The fraction of sp³-hybridized carbons (Fsp3) is 0.176. The molecule has 0 saturated heterocycles. The minimum Gasteiger partial charge on any atom is -0.378 e. The summed E-state index contributed by atoms with van der Waals surface area (Å²) in [6, 6.07) is 15.5. The van der Waals surface area contributed by atoms with E-state index >= 15 is 0 Å². The number of benzene rings is 2. The van der Waals surface area contributed by atoms with Crippen molar-refractivity contribution in [1.29, 1.82) is 0 Å². The van der Waals surface area contributed by atoms with E-state index < -0.39 is 0 Å². The molecule has 0 aliphatic carbocycles. The molecule has 0 N–H and O–H groups in total. The van der Waals surface area contributed by atoms with Crippen molar-refractivity contribution in [1.82, 2.24) is 4.98 Å². The van der Waals surface area contributed by atoms with Gasteiger partial charge in [0.15, 0.2) is 5.13 Å². The first-order valence-electron chi connectivity index (χ1n) is 6.97. The van der Waals surface area contributed by atoms with Crippen LogP contribution < -0.4 is 9.80 Å². The molecule has 0 bridgehead atoms. The number of amides is 1. The zero-order valence-corrected chi connectivity index (χ0v) is 13.6. The van der Waals surface area contributed by atoms with E-state index in [1.807, 2.05) is 67.5 Å². The Morgan fingerprint density at radius 3 is 2.55 bits per heavy atom. The van der Waals surface area contributed by atoms with Crippen molar-refractivity contribution in [3.63, 3.8) is 0 Å². The fourth-order valence-corrected chi connectivity index (χ4v) is 3.13. The summed E-state index contributed by atoms with van der Waals surface area (Å²) >= 11 is 1.52. The molecule has 4 nitrogen and oxygen atoms in total. The van der Waals surface area contributed by atoms with Crippen LogP contribution in [0.3, 0.4) is 0 Å². The molecule has 0 aliphatic heterocycles. The summed E-state index contributed by atoms with van der Waals surface area (Å²) in [5.41, 5.74) is 2.58. The van der Waals surface area contributed by atoms with Crippen LogP contribution in [0.2, 0.25) is 0 Å². The molecular formula is C17H17N3OS. The van der Waals surface area contributed by atoms with Crippen molar-refractivity contribution < 1.29 is 4.79 Å². The van der Waals surface area contributed by atoms with Crippen LogP contribution in [0.5, 0.6) is 0 Å². The molecule has 3 rings (SSSR count). The van der Waals surface area contributed by atoms with Gasteiger partial charge in [-0.2, -0.15) is 0 Å². The van der Waals surface area contributed by atoms with Gasteiger partial charge >= 0.3 is 0 Å². The lowest BCUT2D eigenvalue weighted by Gasteiger charge is -2.16. The predicted octanol–water partition coefficient (Wildman–Crippen LogP) is 3.64. The molecule has 0 aliphatic rings. The molecule has 1 amide bonds. The molecule has 0 fully saturated rings.